The Morgan fingerprint density at radius 3 is 2.72 bits per heavy atom. The molecule has 2 rings (SSSR count). The van der Waals surface area contributed by atoms with E-state index in [2.05, 4.69) is 0 Å². The van der Waals surface area contributed by atoms with Crippen LogP contribution in [0.4, 0.5) is 10.1 Å². The van der Waals surface area contributed by atoms with Crippen molar-refractivity contribution in [1.82, 2.24) is 0 Å². The number of fused-ring (bicyclic) bond motifs is 1. The fourth-order valence-corrected chi connectivity index (χ4v) is 1.68. The Bertz CT molecular complexity index is 494. The normalized spacial score (nSPS) is 17.2. The zero-order valence-corrected chi connectivity index (χ0v) is 9.97. The van der Waals surface area contributed by atoms with Gasteiger partial charge >= 0.3 is 18.9 Å². The third-order valence-corrected chi connectivity index (χ3v) is 2.47. The van der Waals surface area contributed by atoms with Crippen LogP contribution in [0.3, 0.4) is 0 Å². The van der Waals surface area contributed by atoms with Gasteiger partial charge in [0.05, 0.1) is 18.2 Å². The van der Waals surface area contributed by atoms with Crippen molar-refractivity contribution in [1.29, 1.82) is 0 Å². The van der Waals surface area contributed by atoms with Gasteiger partial charge in [-0.25, -0.2) is 4.39 Å². The van der Waals surface area contributed by atoms with Crippen molar-refractivity contribution in [2.45, 2.75) is 13.0 Å². The number of nitrogens with zero attached hydrogens (tertiary/aromatic N) is 1. The van der Waals surface area contributed by atoms with E-state index in [1.54, 1.807) is 0 Å². The summed E-state index contributed by atoms with van der Waals surface area (Å²) in [7, 11) is 0. The van der Waals surface area contributed by atoms with Crippen molar-refractivity contribution in [2.75, 3.05) is 11.4 Å². The minimum Gasteiger partial charge on any atom is -0.546 e. The quantitative estimate of drug-likeness (QED) is 0.486. The number of benzene rings is 1. The van der Waals surface area contributed by atoms with E-state index in [0.29, 0.717) is 5.69 Å². The molecule has 0 fully saturated rings. The number of hydrogen-bond donors (Lipinski definition) is 0. The molecule has 0 spiro atoms. The Balaban J connectivity index is 0.00000162. The topological polar surface area (TPSA) is 69.7 Å². The Hall–Kier alpha value is -1.51. The van der Waals surface area contributed by atoms with Gasteiger partial charge in [0.1, 0.15) is 11.6 Å². The molecule has 90 valence electrons. The van der Waals surface area contributed by atoms with E-state index >= 15 is 0 Å². The first-order valence-corrected chi connectivity index (χ1v) is 4.94. The molecule has 0 bridgehead atoms. The maximum absolute atomic E-state index is 13.0. The number of aliphatic carboxylic acids is 1. The van der Waals surface area contributed by atoms with Crippen molar-refractivity contribution in [3.63, 3.8) is 0 Å². The Kier molecular flexibility index (Phi) is 4.38. The molecule has 0 radical (unpaired) electrons. The van der Waals surface area contributed by atoms with E-state index in [-0.39, 0.29) is 37.1 Å². The van der Waals surface area contributed by atoms with E-state index in [1.165, 1.54) is 24.0 Å². The molecule has 18 heavy (non-hydrogen) atoms. The van der Waals surface area contributed by atoms with Crippen LogP contribution in [0.25, 0.3) is 0 Å². The summed E-state index contributed by atoms with van der Waals surface area (Å²) in [6.07, 6.45) is -1.28. The van der Waals surface area contributed by atoms with Crippen molar-refractivity contribution in [3.05, 3.63) is 24.0 Å². The first-order valence-electron chi connectivity index (χ1n) is 4.94. The molecule has 0 aromatic heterocycles. The summed E-state index contributed by atoms with van der Waals surface area (Å²) in [5, 5.41) is 10.7. The summed E-state index contributed by atoms with van der Waals surface area (Å²) in [5.74, 6) is -2.31. The molecule has 1 heterocycles. The van der Waals surface area contributed by atoms with Crippen molar-refractivity contribution in [3.8, 4) is 5.75 Å². The number of carboxylic acids is 1. The molecule has 0 aliphatic carbocycles. The molecule has 0 saturated heterocycles. The van der Waals surface area contributed by atoms with Crippen LogP contribution in [0, 0.1) is 5.82 Å². The molecular formula is C11H9FLiNO4. The Morgan fingerprint density at radius 1 is 1.50 bits per heavy atom. The first-order chi connectivity index (χ1) is 7.99. The van der Waals surface area contributed by atoms with Crippen molar-refractivity contribution in [2.24, 2.45) is 0 Å². The molecular weight excluding hydrogens is 236 g/mol. The number of carbonyl (C=O) groups excluding carboxylic acids is 2. The van der Waals surface area contributed by atoms with Gasteiger partial charge in [-0.15, -0.1) is 0 Å². The average Bonchev–Trinajstić information content (AvgIpc) is 2.26. The summed E-state index contributed by atoms with van der Waals surface area (Å²) in [4.78, 5) is 23.3. The number of hydrogen-bond acceptors (Lipinski definition) is 4. The molecule has 7 heteroatoms. The van der Waals surface area contributed by atoms with Crippen LogP contribution in [-0.4, -0.2) is 24.5 Å². The van der Waals surface area contributed by atoms with Crippen LogP contribution in [0.1, 0.15) is 6.92 Å². The molecule has 1 amide bonds. The zero-order chi connectivity index (χ0) is 12.6. The maximum Gasteiger partial charge on any atom is 1.00 e. The standard InChI is InChI=1S/C11H10FNO4.Li/c1-6(14)13-5-10(11(15)16)17-9-4-7(12)2-3-8(9)13;/h2-4,10H,5H2,1H3,(H,15,16);/q;+1/p-1. The molecule has 1 aliphatic heterocycles. The van der Waals surface area contributed by atoms with Crippen LogP contribution in [-0.2, 0) is 9.59 Å². The van der Waals surface area contributed by atoms with E-state index in [9.17, 15) is 19.1 Å². The zero-order valence-electron chi connectivity index (χ0n) is 9.97. The number of rotatable bonds is 1. The van der Waals surface area contributed by atoms with E-state index in [4.69, 9.17) is 4.74 Å². The molecule has 5 nitrogen and oxygen atoms in total. The van der Waals surface area contributed by atoms with Crippen LogP contribution in [0.5, 0.6) is 5.75 Å². The number of ether oxygens (including phenoxy) is 1. The molecule has 0 saturated carbocycles. The van der Waals surface area contributed by atoms with Crippen LogP contribution < -0.4 is 33.6 Å². The maximum atomic E-state index is 13.0. The fourth-order valence-electron chi connectivity index (χ4n) is 1.68. The predicted molar refractivity (Wildman–Crippen MR) is 53.9 cm³/mol. The minimum atomic E-state index is -1.44. The number of amides is 1. The van der Waals surface area contributed by atoms with Gasteiger partial charge < -0.3 is 19.5 Å². The molecule has 1 aliphatic rings. The van der Waals surface area contributed by atoms with Crippen molar-refractivity contribution < 1.29 is 42.7 Å². The number of anilines is 1. The van der Waals surface area contributed by atoms with E-state index in [1.807, 2.05) is 0 Å². The SMILES string of the molecule is CC(=O)N1CC(C(=O)[O-])Oc2cc(F)ccc21.[Li+]. The van der Waals surface area contributed by atoms with Gasteiger partial charge in [-0.1, -0.05) is 0 Å². The Labute approximate surface area is 115 Å². The molecule has 0 N–H and O–H groups in total. The van der Waals surface area contributed by atoms with E-state index in [0.717, 1.165) is 6.07 Å². The summed E-state index contributed by atoms with van der Waals surface area (Å²) >= 11 is 0. The van der Waals surface area contributed by atoms with Gasteiger partial charge in [0.25, 0.3) is 0 Å². The monoisotopic (exact) mass is 245 g/mol. The summed E-state index contributed by atoms with van der Waals surface area (Å²) < 4.78 is 18.1. The number of carbonyl (C=O) groups is 2. The molecule has 1 aromatic carbocycles. The second-order valence-electron chi connectivity index (χ2n) is 3.67. The summed E-state index contributed by atoms with van der Waals surface area (Å²) in [6, 6.07) is 3.59. The van der Waals surface area contributed by atoms with Gasteiger partial charge in [-0.3, -0.25) is 4.79 Å². The number of halogens is 1. The van der Waals surface area contributed by atoms with Gasteiger partial charge in [-0.2, -0.15) is 0 Å². The minimum absolute atomic E-state index is 0. The third kappa shape index (κ3) is 2.66. The summed E-state index contributed by atoms with van der Waals surface area (Å²) in [5.41, 5.74) is 0.358. The Morgan fingerprint density at radius 2 is 2.17 bits per heavy atom. The molecule has 1 unspecified atom stereocenters. The number of carboxylic acid groups (broad SMARTS) is 1. The molecule has 1 aromatic rings. The van der Waals surface area contributed by atoms with Gasteiger partial charge in [-0.05, 0) is 12.1 Å². The van der Waals surface area contributed by atoms with Gasteiger partial charge in [0.15, 0.2) is 6.10 Å². The third-order valence-electron chi connectivity index (χ3n) is 2.47. The van der Waals surface area contributed by atoms with Crippen LogP contribution in [0.2, 0.25) is 0 Å². The second kappa shape index (κ2) is 5.42. The first kappa shape index (κ1) is 14.5. The van der Waals surface area contributed by atoms with E-state index < -0.39 is 17.9 Å². The smallest absolute Gasteiger partial charge is 0.546 e. The predicted octanol–water partition coefficient (Wildman–Crippen LogP) is -3.31. The summed E-state index contributed by atoms with van der Waals surface area (Å²) in [6.45, 7) is 1.15. The van der Waals surface area contributed by atoms with Gasteiger partial charge in [0, 0.05) is 13.0 Å². The molecule has 1 atom stereocenters. The van der Waals surface area contributed by atoms with Crippen LogP contribution in [0.15, 0.2) is 18.2 Å². The fraction of sp³-hybridized carbons (Fsp3) is 0.273. The van der Waals surface area contributed by atoms with Gasteiger partial charge in [0.2, 0.25) is 5.91 Å². The average molecular weight is 245 g/mol. The van der Waals surface area contributed by atoms with Crippen molar-refractivity contribution >= 4 is 17.6 Å². The largest absolute Gasteiger partial charge is 1.00 e. The van der Waals surface area contributed by atoms with Crippen LogP contribution >= 0.6 is 0 Å². The second-order valence-corrected chi connectivity index (χ2v) is 3.67.